The first-order valence-electron chi connectivity index (χ1n) is 10.3. The summed E-state index contributed by atoms with van der Waals surface area (Å²) in [6.07, 6.45) is 0.858. The zero-order valence-corrected chi connectivity index (χ0v) is 19.1. The van der Waals surface area contributed by atoms with Crippen LogP contribution in [-0.4, -0.2) is 42.2 Å². The minimum atomic E-state index is -0.536. The van der Waals surface area contributed by atoms with Crippen LogP contribution in [0.2, 0.25) is 0 Å². The number of amides is 2. The fourth-order valence-corrected chi connectivity index (χ4v) is 3.80. The molecule has 0 fully saturated rings. The van der Waals surface area contributed by atoms with Gasteiger partial charge in [0.2, 0.25) is 11.8 Å². The van der Waals surface area contributed by atoms with E-state index in [1.54, 1.807) is 30.7 Å². The highest BCUT2D eigenvalue weighted by molar-refractivity contribution is 7.99. The summed E-state index contributed by atoms with van der Waals surface area (Å²) >= 11 is 1.57. The molecule has 0 aliphatic heterocycles. The molecular weight excluding hydrogens is 396 g/mol. The lowest BCUT2D eigenvalue weighted by Crippen LogP contribution is -2.48. The summed E-state index contributed by atoms with van der Waals surface area (Å²) < 4.78 is 5.21. The molecule has 6 heteroatoms. The largest absolute Gasteiger partial charge is 0.497 e. The maximum absolute atomic E-state index is 13.0. The van der Waals surface area contributed by atoms with Gasteiger partial charge < -0.3 is 15.0 Å². The zero-order chi connectivity index (χ0) is 21.9. The van der Waals surface area contributed by atoms with Gasteiger partial charge in [-0.3, -0.25) is 9.59 Å². The summed E-state index contributed by atoms with van der Waals surface area (Å²) in [7, 11) is 1.62. The number of methoxy groups -OCH3 is 1. The summed E-state index contributed by atoms with van der Waals surface area (Å²) in [5, 5.41) is 2.90. The Kier molecular flexibility index (Phi) is 9.74. The van der Waals surface area contributed by atoms with Crippen LogP contribution < -0.4 is 10.1 Å². The van der Waals surface area contributed by atoms with Gasteiger partial charge in [-0.1, -0.05) is 48.9 Å². The van der Waals surface area contributed by atoms with Crippen LogP contribution >= 0.6 is 11.8 Å². The topological polar surface area (TPSA) is 58.6 Å². The van der Waals surface area contributed by atoms with E-state index >= 15 is 0 Å². The summed E-state index contributed by atoms with van der Waals surface area (Å²) in [5.74, 6) is 1.69. The smallest absolute Gasteiger partial charge is 0.242 e. The van der Waals surface area contributed by atoms with E-state index in [0.29, 0.717) is 18.8 Å². The van der Waals surface area contributed by atoms with Crippen molar-refractivity contribution in [3.05, 3.63) is 65.2 Å². The average molecular weight is 429 g/mol. The molecule has 0 aromatic heterocycles. The molecule has 0 spiro atoms. The molecule has 0 unspecified atom stereocenters. The highest BCUT2D eigenvalue weighted by atomic mass is 32.2. The number of thioether (sulfide) groups is 1. The molecule has 30 heavy (non-hydrogen) atoms. The maximum Gasteiger partial charge on any atom is 0.242 e. The molecule has 0 bridgehead atoms. The van der Waals surface area contributed by atoms with E-state index in [4.69, 9.17) is 4.74 Å². The molecule has 0 saturated heterocycles. The molecule has 1 atom stereocenters. The van der Waals surface area contributed by atoms with Crippen molar-refractivity contribution < 1.29 is 14.3 Å². The van der Waals surface area contributed by atoms with E-state index in [-0.39, 0.29) is 11.8 Å². The number of hydrogen-bond acceptors (Lipinski definition) is 4. The van der Waals surface area contributed by atoms with Crippen LogP contribution in [0.1, 0.15) is 37.0 Å². The van der Waals surface area contributed by atoms with Gasteiger partial charge in [0.15, 0.2) is 0 Å². The van der Waals surface area contributed by atoms with E-state index in [1.165, 1.54) is 11.1 Å². The van der Waals surface area contributed by atoms with Gasteiger partial charge in [-0.05, 0) is 43.5 Å². The number of benzene rings is 2. The Balaban J connectivity index is 2.04. The van der Waals surface area contributed by atoms with E-state index in [0.717, 1.165) is 23.5 Å². The van der Waals surface area contributed by atoms with E-state index in [2.05, 4.69) is 36.5 Å². The first-order chi connectivity index (χ1) is 14.4. The molecule has 2 rings (SSSR count). The van der Waals surface area contributed by atoms with Crippen LogP contribution in [0.4, 0.5) is 0 Å². The number of rotatable bonds is 11. The minimum absolute atomic E-state index is 0.0397. The van der Waals surface area contributed by atoms with Crippen molar-refractivity contribution in [3.63, 3.8) is 0 Å². The number of nitrogens with zero attached hydrogens (tertiary/aromatic N) is 1. The Hall–Kier alpha value is -2.47. The SMILES string of the molecule is CCCNC(=O)[C@@H](C)N(Cc1ccc(OC)cc1)C(=O)CSCc1ccc(C)cc1. The molecule has 0 heterocycles. The van der Waals surface area contributed by atoms with Gasteiger partial charge in [0.05, 0.1) is 12.9 Å². The van der Waals surface area contributed by atoms with Crippen molar-refractivity contribution in [2.45, 2.75) is 45.5 Å². The molecule has 2 aromatic rings. The maximum atomic E-state index is 13.0. The Bertz CT molecular complexity index is 806. The summed E-state index contributed by atoms with van der Waals surface area (Å²) in [5.41, 5.74) is 3.37. The number of ether oxygens (including phenoxy) is 1. The first-order valence-corrected chi connectivity index (χ1v) is 11.4. The zero-order valence-electron chi connectivity index (χ0n) is 18.3. The second kappa shape index (κ2) is 12.3. The van der Waals surface area contributed by atoms with Gasteiger partial charge in [0, 0.05) is 18.8 Å². The predicted octanol–water partition coefficient (Wildman–Crippen LogP) is 4.18. The third kappa shape index (κ3) is 7.41. The van der Waals surface area contributed by atoms with E-state index in [9.17, 15) is 9.59 Å². The third-order valence-corrected chi connectivity index (χ3v) is 5.83. The highest BCUT2D eigenvalue weighted by Gasteiger charge is 2.25. The van der Waals surface area contributed by atoms with Crippen molar-refractivity contribution in [3.8, 4) is 5.75 Å². The Morgan fingerprint density at radius 1 is 1.07 bits per heavy atom. The molecule has 5 nitrogen and oxygen atoms in total. The molecule has 0 saturated carbocycles. The number of aryl methyl sites for hydroxylation is 1. The molecular formula is C24H32N2O3S. The number of nitrogens with one attached hydrogen (secondary N) is 1. The van der Waals surface area contributed by atoms with E-state index in [1.807, 2.05) is 31.2 Å². The lowest BCUT2D eigenvalue weighted by molar-refractivity contribution is -0.138. The highest BCUT2D eigenvalue weighted by Crippen LogP contribution is 2.18. The average Bonchev–Trinajstić information content (AvgIpc) is 2.77. The number of carbonyl (C=O) groups excluding carboxylic acids is 2. The minimum Gasteiger partial charge on any atom is -0.497 e. The van der Waals surface area contributed by atoms with Crippen molar-refractivity contribution in [2.75, 3.05) is 19.4 Å². The molecule has 162 valence electrons. The van der Waals surface area contributed by atoms with Gasteiger partial charge in [-0.25, -0.2) is 0 Å². The van der Waals surface area contributed by atoms with Crippen molar-refractivity contribution in [1.29, 1.82) is 0 Å². The quantitative estimate of drug-likeness (QED) is 0.583. The van der Waals surface area contributed by atoms with Gasteiger partial charge >= 0.3 is 0 Å². The standard InChI is InChI=1S/C24H32N2O3S/c1-5-14-25-24(28)19(3)26(15-20-10-12-22(29-4)13-11-20)23(27)17-30-16-21-8-6-18(2)7-9-21/h6-13,19H,5,14-17H2,1-4H3,(H,25,28)/t19-/m1/s1. The van der Waals surface area contributed by atoms with Gasteiger partial charge in [-0.15, -0.1) is 11.8 Å². The van der Waals surface area contributed by atoms with Crippen LogP contribution in [0.15, 0.2) is 48.5 Å². The van der Waals surface area contributed by atoms with Crippen LogP contribution in [-0.2, 0) is 21.9 Å². The number of carbonyl (C=O) groups is 2. The molecule has 2 aromatic carbocycles. The summed E-state index contributed by atoms with van der Waals surface area (Å²) in [6, 6.07) is 15.4. The molecule has 1 N–H and O–H groups in total. The van der Waals surface area contributed by atoms with Crippen molar-refractivity contribution >= 4 is 23.6 Å². The van der Waals surface area contributed by atoms with Crippen LogP contribution in [0.3, 0.4) is 0 Å². The summed E-state index contributed by atoms with van der Waals surface area (Å²) in [4.78, 5) is 27.2. The molecule has 0 radical (unpaired) electrons. The normalized spacial score (nSPS) is 11.6. The first kappa shape index (κ1) is 23.8. The fourth-order valence-electron chi connectivity index (χ4n) is 2.93. The van der Waals surface area contributed by atoms with Gasteiger partial charge in [0.25, 0.3) is 0 Å². The lowest BCUT2D eigenvalue weighted by atomic mass is 10.1. The molecule has 2 amide bonds. The third-order valence-electron chi connectivity index (χ3n) is 4.84. The van der Waals surface area contributed by atoms with Crippen LogP contribution in [0.5, 0.6) is 5.75 Å². The van der Waals surface area contributed by atoms with Crippen molar-refractivity contribution in [2.24, 2.45) is 0 Å². The lowest BCUT2D eigenvalue weighted by Gasteiger charge is -2.28. The Morgan fingerprint density at radius 3 is 2.30 bits per heavy atom. The second-order valence-electron chi connectivity index (χ2n) is 7.32. The fraction of sp³-hybridized carbons (Fsp3) is 0.417. The van der Waals surface area contributed by atoms with Crippen molar-refractivity contribution in [1.82, 2.24) is 10.2 Å². The van der Waals surface area contributed by atoms with Gasteiger partial charge in [-0.2, -0.15) is 0 Å². The predicted molar refractivity (Wildman–Crippen MR) is 124 cm³/mol. The van der Waals surface area contributed by atoms with Gasteiger partial charge in [0.1, 0.15) is 11.8 Å². The summed E-state index contributed by atoms with van der Waals surface area (Å²) in [6.45, 7) is 6.84. The Labute approximate surface area is 184 Å². The van der Waals surface area contributed by atoms with Crippen LogP contribution in [0.25, 0.3) is 0 Å². The monoisotopic (exact) mass is 428 g/mol. The molecule has 0 aliphatic rings. The number of hydrogen-bond donors (Lipinski definition) is 1. The Morgan fingerprint density at radius 2 is 1.70 bits per heavy atom. The molecule has 0 aliphatic carbocycles. The van der Waals surface area contributed by atoms with E-state index < -0.39 is 6.04 Å². The van der Waals surface area contributed by atoms with Crippen LogP contribution in [0, 0.1) is 6.92 Å². The second-order valence-corrected chi connectivity index (χ2v) is 8.30.